The Bertz CT molecular complexity index is 392. The minimum Gasteiger partial charge on any atom is -0.543 e. The number of aryl methyl sites for hydroxylation is 1. The predicted molar refractivity (Wildman–Crippen MR) is 74.9 cm³/mol. The molecule has 2 nitrogen and oxygen atoms in total. The molecule has 0 radical (unpaired) electrons. The number of aliphatic hydroxyl groups is 1. The molecule has 96 valence electrons. The van der Waals surface area contributed by atoms with Crippen molar-refractivity contribution in [2.24, 2.45) is 0 Å². The fourth-order valence-electron chi connectivity index (χ4n) is 1.35. The molecule has 1 N–H and O–H groups in total. The van der Waals surface area contributed by atoms with E-state index in [1.54, 1.807) is 0 Å². The molecule has 0 aliphatic rings. The van der Waals surface area contributed by atoms with E-state index in [1.165, 1.54) is 0 Å². The zero-order valence-electron chi connectivity index (χ0n) is 11.8. The molecule has 0 spiro atoms. The number of benzene rings is 1. The largest absolute Gasteiger partial charge is 0.543 e. The van der Waals surface area contributed by atoms with Crippen molar-refractivity contribution in [2.45, 2.75) is 52.4 Å². The SMILES string of the molecule is Cc1cc(CO)ccc1O[Si](C)(C)C(C)(C)C. The first-order valence-corrected chi connectivity index (χ1v) is 8.97. The van der Waals surface area contributed by atoms with Gasteiger partial charge in [0, 0.05) is 0 Å². The molecule has 0 saturated heterocycles. The molecular formula is C14H24O2Si. The number of rotatable bonds is 3. The summed E-state index contributed by atoms with van der Waals surface area (Å²) in [7, 11) is -1.77. The van der Waals surface area contributed by atoms with Crippen LogP contribution >= 0.6 is 0 Å². The van der Waals surface area contributed by atoms with Crippen LogP contribution in [0.5, 0.6) is 5.75 Å². The Morgan fingerprint density at radius 1 is 1.24 bits per heavy atom. The van der Waals surface area contributed by atoms with Crippen molar-refractivity contribution in [3.63, 3.8) is 0 Å². The quantitative estimate of drug-likeness (QED) is 0.827. The highest BCUT2D eigenvalue weighted by atomic mass is 28.4. The third kappa shape index (κ3) is 3.33. The molecule has 0 fully saturated rings. The van der Waals surface area contributed by atoms with Gasteiger partial charge in [0.15, 0.2) is 0 Å². The molecule has 0 aliphatic heterocycles. The molecule has 0 aliphatic carbocycles. The fourth-order valence-corrected chi connectivity index (χ4v) is 2.44. The Labute approximate surface area is 106 Å². The lowest BCUT2D eigenvalue weighted by atomic mass is 10.1. The molecule has 1 aromatic rings. The average Bonchev–Trinajstić information content (AvgIpc) is 2.19. The molecule has 0 atom stereocenters. The van der Waals surface area contributed by atoms with E-state index < -0.39 is 8.32 Å². The normalized spacial score (nSPS) is 12.6. The summed E-state index contributed by atoms with van der Waals surface area (Å²) in [5.41, 5.74) is 2.03. The van der Waals surface area contributed by atoms with E-state index in [0.29, 0.717) is 0 Å². The zero-order chi connectivity index (χ0) is 13.3. The monoisotopic (exact) mass is 252 g/mol. The van der Waals surface area contributed by atoms with Gasteiger partial charge in [0.05, 0.1) is 6.61 Å². The molecule has 17 heavy (non-hydrogen) atoms. The van der Waals surface area contributed by atoms with Crippen LogP contribution in [0, 0.1) is 6.92 Å². The highest BCUT2D eigenvalue weighted by molar-refractivity contribution is 6.74. The highest BCUT2D eigenvalue weighted by Gasteiger charge is 2.39. The van der Waals surface area contributed by atoms with Gasteiger partial charge < -0.3 is 9.53 Å². The molecule has 0 heterocycles. The summed E-state index contributed by atoms with van der Waals surface area (Å²) >= 11 is 0. The summed E-state index contributed by atoms with van der Waals surface area (Å²) in [6, 6.07) is 5.89. The van der Waals surface area contributed by atoms with E-state index in [-0.39, 0.29) is 11.6 Å². The van der Waals surface area contributed by atoms with Crippen LogP contribution in [0.1, 0.15) is 31.9 Å². The summed E-state index contributed by atoms with van der Waals surface area (Å²) in [6.07, 6.45) is 0. The summed E-state index contributed by atoms with van der Waals surface area (Å²) in [5, 5.41) is 9.29. The maximum Gasteiger partial charge on any atom is 0.250 e. The Hall–Kier alpha value is -0.803. The van der Waals surface area contributed by atoms with E-state index in [0.717, 1.165) is 16.9 Å². The van der Waals surface area contributed by atoms with Crippen LogP contribution in [0.4, 0.5) is 0 Å². The lowest BCUT2D eigenvalue weighted by Crippen LogP contribution is -2.44. The van der Waals surface area contributed by atoms with Gasteiger partial charge in [-0.3, -0.25) is 0 Å². The summed E-state index contributed by atoms with van der Waals surface area (Å²) in [5.74, 6) is 0.953. The van der Waals surface area contributed by atoms with E-state index in [1.807, 2.05) is 25.1 Å². The van der Waals surface area contributed by atoms with Crippen molar-refractivity contribution in [3.8, 4) is 5.75 Å². The fraction of sp³-hybridized carbons (Fsp3) is 0.571. The van der Waals surface area contributed by atoms with Crippen molar-refractivity contribution >= 4 is 8.32 Å². The van der Waals surface area contributed by atoms with Crippen molar-refractivity contribution < 1.29 is 9.53 Å². The number of hydrogen-bond donors (Lipinski definition) is 1. The molecule has 0 aromatic heterocycles. The first-order valence-electron chi connectivity index (χ1n) is 6.07. The van der Waals surface area contributed by atoms with Crippen LogP contribution in [-0.4, -0.2) is 13.4 Å². The smallest absolute Gasteiger partial charge is 0.250 e. The van der Waals surface area contributed by atoms with Gasteiger partial charge in [-0.25, -0.2) is 0 Å². The van der Waals surface area contributed by atoms with Gasteiger partial charge in [0.1, 0.15) is 5.75 Å². The van der Waals surface area contributed by atoms with Gasteiger partial charge in [-0.1, -0.05) is 32.9 Å². The molecular weight excluding hydrogens is 228 g/mol. The van der Waals surface area contributed by atoms with Crippen LogP contribution in [0.15, 0.2) is 18.2 Å². The molecule has 1 rings (SSSR count). The van der Waals surface area contributed by atoms with E-state index in [2.05, 4.69) is 33.9 Å². The zero-order valence-corrected chi connectivity index (χ0v) is 12.8. The highest BCUT2D eigenvalue weighted by Crippen LogP contribution is 2.38. The number of aliphatic hydroxyl groups excluding tert-OH is 1. The van der Waals surface area contributed by atoms with Crippen LogP contribution in [-0.2, 0) is 6.61 Å². The first-order chi connectivity index (χ1) is 7.67. The Morgan fingerprint density at radius 2 is 1.82 bits per heavy atom. The molecule has 0 bridgehead atoms. The van der Waals surface area contributed by atoms with Gasteiger partial charge in [-0.05, 0) is 42.2 Å². The van der Waals surface area contributed by atoms with E-state index in [9.17, 15) is 0 Å². The summed E-state index contributed by atoms with van der Waals surface area (Å²) < 4.78 is 6.25. The lowest BCUT2D eigenvalue weighted by molar-refractivity contribution is 0.281. The van der Waals surface area contributed by atoms with Crippen LogP contribution < -0.4 is 4.43 Å². The summed E-state index contributed by atoms with van der Waals surface area (Å²) in [6.45, 7) is 13.3. The van der Waals surface area contributed by atoms with Crippen molar-refractivity contribution in [2.75, 3.05) is 0 Å². The van der Waals surface area contributed by atoms with Gasteiger partial charge >= 0.3 is 0 Å². The van der Waals surface area contributed by atoms with Crippen molar-refractivity contribution in [3.05, 3.63) is 29.3 Å². The van der Waals surface area contributed by atoms with Crippen molar-refractivity contribution in [1.29, 1.82) is 0 Å². The first kappa shape index (κ1) is 14.3. The standard InChI is InChI=1S/C14H24O2Si/c1-11-9-12(10-15)7-8-13(11)16-17(5,6)14(2,3)4/h7-9,15H,10H2,1-6H3. The Kier molecular flexibility index (Phi) is 4.05. The second kappa shape index (κ2) is 4.82. The van der Waals surface area contributed by atoms with Gasteiger partial charge in [0.25, 0.3) is 0 Å². The minimum absolute atomic E-state index is 0.0845. The number of hydrogen-bond acceptors (Lipinski definition) is 2. The van der Waals surface area contributed by atoms with Crippen molar-refractivity contribution in [1.82, 2.24) is 0 Å². The third-order valence-electron chi connectivity index (χ3n) is 3.59. The van der Waals surface area contributed by atoms with Gasteiger partial charge in [-0.2, -0.15) is 0 Å². The van der Waals surface area contributed by atoms with Gasteiger partial charge in [0.2, 0.25) is 8.32 Å². The van der Waals surface area contributed by atoms with E-state index >= 15 is 0 Å². The molecule has 0 unspecified atom stereocenters. The molecule has 0 saturated carbocycles. The lowest BCUT2D eigenvalue weighted by Gasteiger charge is -2.37. The van der Waals surface area contributed by atoms with Crippen LogP contribution in [0.25, 0.3) is 0 Å². The molecule has 3 heteroatoms. The summed E-state index contributed by atoms with van der Waals surface area (Å²) in [4.78, 5) is 0. The van der Waals surface area contributed by atoms with Crippen LogP contribution in [0.2, 0.25) is 18.1 Å². The van der Waals surface area contributed by atoms with Gasteiger partial charge in [-0.15, -0.1) is 0 Å². The topological polar surface area (TPSA) is 29.5 Å². The second-order valence-electron chi connectivity index (χ2n) is 6.12. The average molecular weight is 252 g/mol. The maximum atomic E-state index is 9.08. The second-order valence-corrected chi connectivity index (χ2v) is 10.8. The van der Waals surface area contributed by atoms with Crippen LogP contribution in [0.3, 0.4) is 0 Å². The Balaban J connectivity index is 2.96. The maximum absolute atomic E-state index is 9.08. The van der Waals surface area contributed by atoms with E-state index in [4.69, 9.17) is 9.53 Å². The Morgan fingerprint density at radius 3 is 2.24 bits per heavy atom. The predicted octanol–water partition coefficient (Wildman–Crippen LogP) is 3.87. The minimum atomic E-state index is -1.77. The molecule has 0 amide bonds. The third-order valence-corrected chi connectivity index (χ3v) is 7.94. The molecule has 1 aromatic carbocycles.